The van der Waals surface area contributed by atoms with E-state index in [4.69, 9.17) is 4.42 Å². The van der Waals surface area contributed by atoms with Gasteiger partial charge in [0.1, 0.15) is 11.6 Å². The van der Waals surface area contributed by atoms with Crippen molar-refractivity contribution in [3.8, 4) is 0 Å². The summed E-state index contributed by atoms with van der Waals surface area (Å²) in [4.78, 5) is 12.2. The number of nitrogens with zero attached hydrogens (tertiary/aromatic N) is 3. The zero-order valence-corrected chi connectivity index (χ0v) is 13.4. The van der Waals surface area contributed by atoms with Gasteiger partial charge in [0, 0.05) is 13.0 Å². The van der Waals surface area contributed by atoms with E-state index in [2.05, 4.69) is 20.1 Å². The number of amides is 1. The van der Waals surface area contributed by atoms with Crippen LogP contribution in [0.1, 0.15) is 37.8 Å². The average molecular weight is 320 g/mol. The van der Waals surface area contributed by atoms with Gasteiger partial charge in [-0.05, 0) is 31.9 Å². The standard InChI is InChI=1S/C15H20N4O2S/c1-11(14(20)16-10-12-6-5-9-21-12)22-15-18-17-13-7-3-2-4-8-19(13)15/h5-6,9,11H,2-4,7-8,10H2,1H3,(H,16,20)/t11-/m0/s1. The van der Waals surface area contributed by atoms with E-state index in [0.29, 0.717) is 6.54 Å². The van der Waals surface area contributed by atoms with Gasteiger partial charge in [0.2, 0.25) is 5.91 Å². The van der Waals surface area contributed by atoms with Crippen LogP contribution in [0.4, 0.5) is 0 Å². The Kier molecular flexibility index (Phi) is 4.82. The Balaban J connectivity index is 1.58. The number of rotatable bonds is 5. The van der Waals surface area contributed by atoms with Crippen LogP contribution < -0.4 is 5.32 Å². The van der Waals surface area contributed by atoms with Crippen molar-refractivity contribution in [2.24, 2.45) is 0 Å². The molecule has 1 N–H and O–H groups in total. The first-order chi connectivity index (χ1) is 10.7. The van der Waals surface area contributed by atoms with Crippen LogP contribution in [0.25, 0.3) is 0 Å². The number of furan rings is 1. The monoisotopic (exact) mass is 320 g/mol. The maximum atomic E-state index is 12.2. The van der Waals surface area contributed by atoms with Gasteiger partial charge in [-0.2, -0.15) is 0 Å². The van der Waals surface area contributed by atoms with E-state index < -0.39 is 0 Å². The highest BCUT2D eigenvalue weighted by Gasteiger charge is 2.21. The van der Waals surface area contributed by atoms with Gasteiger partial charge >= 0.3 is 0 Å². The second kappa shape index (κ2) is 7.00. The molecule has 0 fully saturated rings. The van der Waals surface area contributed by atoms with Gasteiger partial charge in [0.05, 0.1) is 18.1 Å². The second-order valence-corrected chi connectivity index (χ2v) is 6.73. The molecule has 2 aromatic rings. The molecule has 0 radical (unpaired) electrons. The molecule has 6 nitrogen and oxygen atoms in total. The minimum atomic E-state index is -0.216. The van der Waals surface area contributed by atoms with E-state index in [1.165, 1.54) is 24.6 Å². The molecule has 2 aromatic heterocycles. The summed E-state index contributed by atoms with van der Waals surface area (Å²) in [6, 6.07) is 3.65. The maximum absolute atomic E-state index is 12.2. The predicted octanol–water partition coefficient (Wildman–Crippen LogP) is 2.39. The molecule has 0 bridgehead atoms. The Bertz CT molecular complexity index is 624. The minimum Gasteiger partial charge on any atom is -0.467 e. The lowest BCUT2D eigenvalue weighted by molar-refractivity contribution is -0.120. The number of aryl methyl sites for hydroxylation is 1. The number of thioether (sulfide) groups is 1. The molecule has 1 aliphatic rings. The van der Waals surface area contributed by atoms with Gasteiger partial charge in [0.15, 0.2) is 5.16 Å². The molecule has 1 aliphatic heterocycles. The molecule has 1 amide bonds. The van der Waals surface area contributed by atoms with Crippen molar-refractivity contribution in [3.05, 3.63) is 30.0 Å². The van der Waals surface area contributed by atoms with Crippen LogP contribution in [0, 0.1) is 0 Å². The topological polar surface area (TPSA) is 73.0 Å². The zero-order chi connectivity index (χ0) is 15.4. The summed E-state index contributed by atoms with van der Waals surface area (Å²) in [7, 11) is 0. The SMILES string of the molecule is C[C@H](Sc1nnc2n1CCCCC2)C(=O)NCc1ccco1. The molecule has 0 unspecified atom stereocenters. The van der Waals surface area contributed by atoms with Crippen molar-refractivity contribution in [3.63, 3.8) is 0 Å². The number of fused-ring (bicyclic) bond motifs is 1. The van der Waals surface area contributed by atoms with E-state index in [9.17, 15) is 4.79 Å². The van der Waals surface area contributed by atoms with E-state index in [1.807, 2.05) is 19.1 Å². The Hall–Kier alpha value is -1.76. The number of hydrogen-bond acceptors (Lipinski definition) is 5. The summed E-state index contributed by atoms with van der Waals surface area (Å²) in [6.07, 6.45) is 6.13. The van der Waals surface area contributed by atoms with Gasteiger partial charge in [-0.15, -0.1) is 10.2 Å². The van der Waals surface area contributed by atoms with Crippen LogP contribution >= 0.6 is 11.8 Å². The van der Waals surface area contributed by atoms with E-state index >= 15 is 0 Å². The summed E-state index contributed by atoms with van der Waals surface area (Å²) in [5.74, 6) is 1.78. The molecule has 0 aliphatic carbocycles. The molecular formula is C15H20N4O2S. The summed E-state index contributed by atoms with van der Waals surface area (Å²) in [5.41, 5.74) is 0. The van der Waals surface area contributed by atoms with Crippen molar-refractivity contribution in [2.45, 2.75) is 56.1 Å². The Morgan fingerprint density at radius 1 is 1.45 bits per heavy atom. The van der Waals surface area contributed by atoms with Crippen LogP contribution in [0.5, 0.6) is 0 Å². The van der Waals surface area contributed by atoms with Gasteiger partial charge in [-0.1, -0.05) is 18.2 Å². The normalized spacial score (nSPS) is 15.9. The van der Waals surface area contributed by atoms with E-state index in [1.54, 1.807) is 6.26 Å². The van der Waals surface area contributed by atoms with Crippen LogP contribution in [-0.2, 0) is 24.3 Å². The fourth-order valence-corrected chi connectivity index (χ4v) is 3.41. The molecule has 118 valence electrons. The number of carbonyl (C=O) groups is 1. The summed E-state index contributed by atoms with van der Waals surface area (Å²) >= 11 is 1.47. The first-order valence-electron chi connectivity index (χ1n) is 7.63. The summed E-state index contributed by atoms with van der Waals surface area (Å²) < 4.78 is 7.37. The van der Waals surface area contributed by atoms with Crippen LogP contribution in [0.2, 0.25) is 0 Å². The fourth-order valence-electron chi connectivity index (χ4n) is 2.49. The molecular weight excluding hydrogens is 300 g/mol. The quantitative estimate of drug-likeness (QED) is 0.856. The van der Waals surface area contributed by atoms with Crippen molar-refractivity contribution < 1.29 is 9.21 Å². The third-order valence-corrected chi connectivity index (χ3v) is 4.82. The molecule has 0 saturated heterocycles. The largest absolute Gasteiger partial charge is 0.467 e. The van der Waals surface area contributed by atoms with E-state index in [0.717, 1.165) is 36.1 Å². The fraction of sp³-hybridized carbons (Fsp3) is 0.533. The third-order valence-electron chi connectivity index (χ3n) is 3.74. The van der Waals surface area contributed by atoms with Gasteiger partial charge in [0.25, 0.3) is 0 Å². The number of hydrogen-bond donors (Lipinski definition) is 1. The lowest BCUT2D eigenvalue weighted by Crippen LogP contribution is -2.30. The summed E-state index contributed by atoms with van der Waals surface area (Å²) in [5, 5.41) is 12.0. The maximum Gasteiger partial charge on any atom is 0.233 e. The first kappa shape index (κ1) is 15.1. The molecule has 7 heteroatoms. The third kappa shape index (κ3) is 3.52. The number of aromatic nitrogens is 3. The highest BCUT2D eigenvalue weighted by Crippen LogP contribution is 2.25. The average Bonchev–Trinajstić information content (AvgIpc) is 3.10. The highest BCUT2D eigenvalue weighted by atomic mass is 32.2. The van der Waals surface area contributed by atoms with Crippen molar-refractivity contribution in [1.82, 2.24) is 20.1 Å². The molecule has 3 heterocycles. The van der Waals surface area contributed by atoms with Crippen LogP contribution in [0.15, 0.2) is 28.0 Å². The van der Waals surface area contributed by atoms with Gasteiger partial charge < -0.3 is 14.3 Å². The smallest absolute Gasteiger partial charge is 0.233 e. The summed E-state index contributed by atoms with van der Waals surface area (Å²) in [6.45, 7) is 3.25. The van der Waals surface area contributed by atoms with Crippen LogP contribution in [0.3, 0.4) is 0 Å². The predicted molar refractivity (Wildman–Crippen MR) is 83.5 cm³/mol. The lowest BCUT2D eigenvalue weighted by Gasteiger charge is -2.12. The zero-order valence-electron chi connectivity index (χ0n) is 12.6. The van der Waals surface area contributed by atoms with E-state index in [-0.39, 0.29) is 11.2 Å². The van der Waals surface area contributed by atoms with Gasteiger partial charge in [-0.25, -0.2) is 0 Å². The Morgan fingerprint density at radius 2 is 2.36 bits per heavy atom. The number of carbonyl (C=O) groups excluding carboxylic acids is 1. The van der Waals surface area contributed by atoms with Crippen molar-refractivity contribution in [2.75, 3.05) is 0 Å². The molecule has 1 atom stereocenters. The lowest BCUT2D eigenvalue weighted by atomic mass is 10.2. The molecule has 3 rings (SSSR count). The Morgan fingerprint density at radius 3 is 3.18 bits per heavy atom. The second-order valence-electron chi connectivity index (χ2n) is 5.42. The van der Waals surface area contributed by atoms with Gasteiger partial charge in [-0.3, -0.25) is 4.79 Å². The highest BCUT2D eigenvalue weighted by molar-refractivity contribution is 8.00. The van der Waals surface area contributed by atoms with Crippen molar-refractivity contribution in [1.29, 1.82) is 0 Å². The molecule has 0 saturated carbocycles. The van der Waals surface area contributed by atoms with Crippen molar-refractivity contribution >= 4 is 17.7 Å². The molecule has 0 aromatic carbocycles. The Labute approximate surface area is 133 Å². The minimum absolute atomic E-state index is 0.0210. The first-order valence-corrected chi connectivity index (χ1v) is 8.51. The molecule has 0 spiro atoms. The molecule has 22 heavy (non-hydrogen) atoms. The van der Waals surface area contributed by atoms with Crippen LogP contribution in [-0.4, -0.2) is 25.9 Å². The number of nitrogens with one attached hydrogen (secondary N) is 1.